The number of nitrogens with one attached hydrogen (secondary N) is 1. The summed E-state index contributed by atoms with van der Waals surface area (Å²) in [7, 11) is 0. The Kier molecular flexibility index (Phi) is 4.67. The second-order valence-electron chi connectivity index (χ2n) is 4.72. The molecule has 0 saturated heterocycles. The topological polar surface area (TPSA) is 21.3 Å². The molecule has 3 heteroatoms. The number of fused-ring (bicyclic) bond motifs is 1. The van der Waals surface area contributed by atoms with Crippen LogP contribution >= 0.6 is 11.6 Å². The average molecular weight is 266 g/mol. The highest BCUT2D eigenvalue weighted by Crippen LogP contribution is 2.36. The van der Waals surface area contributed by atoms with Gasteiger partial charge in [-0.2, -0.15) is 0 Å². The number of benzene rings is 1. The lowest BCUT2D eigenvalue weighted by atomic mass is 10.1. The van der Waals surface area contributed by atoms with Gasteiger partial charge < -0.3 is 10.1 Å². The molecule has 0 fully saturated rings. The van der Waals surface area contributed by atoms with Crippen molar-refractivity contribution in [3.63, 3.8) is 0 Å². The zero-order chi connectivity index (χ0) is 13.0. The molecule has 0 bridgehead atoms. The first-order valence-corrected chi connectivity index (χ1v) is 6.93. The Bertz CT molecular complexity index is 442. The van der Waals surface area contributed by atoms with Gasteiger partial charge in [-0.25, -0.2) is 0 Å². The quantitative estimate of drug-likeness (QED) is 0.874. The van der Waals surface area contributed by atoms with Gasteiger partial charge in [-0.15, -0.1) is 0 Å². The summed E-state index contributed by atoms with van der Waals surface area (Å²) in [5.74, 6) is 1.01. The molecule has 0 saturated carbocycles. The summed E-state index contributed by atoms with van der Waals surface area (Å²) in [5.41, 5.74) is 5.35. The fourth-order valence-electron chi connectivity index (χ4n) is 2.44. The van der Waals surface area contributed by atoms with Gasteiger partial charge in [0.05, 0.1) is 0 Å². The van der Waals surface area contributed by atoms with Crippen LogP contribution in [0, 0.1) is 0 Å². The van der Waals surface area contributed by atoms with Crippen LogP contribution in [-0.4, -0.2) is 13.2 Å². The molecule has 18 heavy (non-hydrogen) atoms. The van der Waals surface area contributed by atoms with Gasteiger partial charge in [0, 0.05) is 11.6 Å². The third-order valence-corrected chi connectivity index (χ3v) is 3.69. The Morgan fingerprint density at radius 3 is 3.11 bits per heavy atom. The van der Waals surface area contributed by atoms with Crippen molar-refractivity contribution >= 4 is 11.6 Å². The van der Waals surface area contributed by atoms with Gasteiger partial charge in [0.2, 0.25) is 0 Å². The van der Waals surface area contributed by atoms with E-state index < -0.39 is 0 Å². The molecule has 0 heterocycles. The second-order valence-corrected chi connectivity index (χ2v) is 4.94. The molecule has 1 aliphatic rings. The highest BCUT2D eigenvalue weighted by Gasteiger charge is 2.24. The maximum Gasteiger partial charge on any atom is 0.123 e. The minimum Gasteiger partial charge on any atom is -0.489 e. The summed E-state index contributed by atoms with van der Waals surface area (Å²) < 4.78 is 5.85. The van der Waals surface area contributed by atoms with E-state index in [1.807, 2.05) is 6.92 Å². The average Bonchev–Trinajstić information content (AvgIpc) is 2.80. The van der Waals surface area contributed by atoms with Crippen LogP contribution in [0.15, 0.2) is 29.3 Å². The van der Waals surface area contributed by atoms with Crippen molar-refractivity contribution in [1.29, 1.82) is 0 Å². The van der Waals surface area contributed by atoms with E-state index in [9.17, 15) is 0 Å². The Labute approximate surface area is 114 Å². The normalized spacial score (nSPS) is 18.8. The lowest BCUT2D eigenvalue weighted by Crippen LogP contribution is -2.18. The second kappa shape index (κ2) is 6.26. The molecule has 1 atom stereocenters. The van der Waals surface area contributed by atoms with E-state index in [1.54, 1.807) is 5.54 Å². The van der Waals surface area contributed by atoms with Crippen LogP contribution in [0.1, 0.15) is 37.4 Å². The van der Waals surface area contributed by atoms with Crippen LogP contribution in [0.4, 0.5) is 0 Å². The molecule has 1 unspecified atom stereocenters. The van der Waals surface area contributed by atoms with Gasteiger partial charge >= 0.3 is 0 Å². The molecule has 1 aromatic rings. The molecular formula is C15H20ClNO. The van der Waals surface area contributed by atoms with Crippen molar-refractivity contribution in [1.82, 2.24) is 5.32 Å². The number of ether oxygens (including phenoxy) is 1. The van der Waals surface area contributed by atoms with E-state index in [-0.39, 0.29) is 0 Å². The maximum absolute atomic E-state index is 5.85. The van der Waals surface area contributed by atoms with Gasteiger partial charge in [0.1, 0.15) is 12.4 Å². The van der Waals surface area contributed by atoms with Crippen LogP contribution in [0.5, 0.6) is 5.75 Å². The number of halogens is 1. The van der Waals surface area contributed by atoms with Gasteiger partial charge in [0.15, 0.2) is 0 Å². The molecule has 98 valence electrons. The third-order valence-electron chi connectivity index (χ3n) is 3.32. The van der Waals surface area contributed by atoms with E-state index in [0.29, 0.717) is 12.6 Å². The summed E-state index contributed by atoms with van der Waals surface area (Å²) in [4.78, 5) is 0. The molecule has 0 radical (unpaired) electrons. The molecule has 2 rings (SSSR count). The van der Waals surface area contributed by atoms with Gasteiger partial charge in [0.25, 0.3) is 0 Å². The Balaban J connectivity index is 2.14. The molecular weight excluding hydrogens is 246 g/mol. The standard InChI is InChI=1S/C15H20ClNO/c1-3-17-14-8-7-13-12(14)5-4-6-15(13)18-10-11(2)9-16/h4-6,9,14,17H,3,7-8,10H2,1-2H3/b11-9+. The molecule has 0 spiro atoms. The van der Waals surface area contributed by atoms with E-state index in [1.165, 1.54) is 11.1 Å². The minimum absolute atomic E-state index is 0.484. The summed E-state index contributed by atoms with van der Waals surface area (Å²) in [6.45, 7) is 5.68. The Morgan fingerprint density at radius 2 is 2.39 bits per heavy atom. The van der Waals surface area contributed by atoms with Crippen molar-refractivity contribution in [3.8, 4) is 5.75 Å². The zero-order valence-electron chi connectivity index (χ0n) is 11.0. The zero-order valence-corrected chi connectivity index (χ0v) is 11.8. The first-order chi connectivity index (χ1) is 8.76. The lowest BCUT2D eigenvalue weighted by molar-refractivity contribution is 0.349. The monoisotopic (exact) mass is 265 g/mol. The van der Waals surface area contributed by atoms with Crippen molar-refractivity contribution in [2.75, 3.05) is 13.2 Å². The smallest absolute Gasteiger partial charge is 0.123 e. The Hall–Kier alpha value is -0.990. The van der Waals surface area contributed by atoms with Crippen molar-refractivity contribution in [2.24, 2.45) is 0 Å². The fraction of sp³-hybridized carbons (Fsp3) is 0.467. The van der Waals surface area contributed by atoms with E-state index in [0.717, 1.165) is 30.7 Å². The van der Waals surface area contributed by atoms with Gasteiger partial charge in [-0.1, -0.05) is 30.7 Å². The largest absolute Gasteiger partial charge is 0.489 e. The summed E-state index contributed by atoms with van der Waals surface area (Å²) >= 11 is 5.65. The molecule has 0 amide bonds. The molecule has 0 aliphatic heterocycles. The first-order valence-electron chi connectivity index (χ1n) is 6.50. The van der Waals surface area contributed by atoms with Crippen molar-refractivity contribution in [2.45, 2.75) is 32.7 Å². The molecule has 1 N–H and O–H groups in total. The molecule has 0 aromatic heterocycles. The summed E-state index contributed by atoms with van der Waals surface area (Å²) in [6, 6.07) is 6.81. The SMILES string of the molecule is CCNC1CCc2c(OC/C(C)=C/Cl)cccc21. The van der Waals surface area contributed by atoms with Crippen LogP contribution in [0.2, 0.25) is 0 Å². The van der Waals surface area contributed by atoms with E-state index in [4.69, 9.17) is 16.3 Å². The van der Waals surface area contributed by atoms with E-state index in [2.05, 4.69) is 30.4 Å². The van der Waals surface area contributed by atoms with Gasteiger partial charge in [-0.3, -0.25) is 0 Å². The van der Waals surface area contributed by atoms with Crippen LogP contribution in [0.25, 0.3) is 0 Å². The number of hydrogen-bond acceptors (Lipinski definition) is 2. The predicted molar refractivity (Wildman–Crippen MR) is 76.3 cm³/mol. The lowest BCUT2D eigenvalue weighted by Gasteiger charge is -2.14. The minimum atomic E-state index is 0.484. The fourth-order valence-corrected chi connectivity index (χ4v) is 2.50. The van der Waals surface area contributed by atoms with Crippen molar-refractivity contribution < 1.29 is 4.74 Å². The van der Waals surface area contributed by atoms with Crippen molar-refractivity contribution in [3.05, 3.63) is 40.4 Å². The first kappa shape index (κ1) is 13.4. The molecule has 1 aromatic carbocycles. The van der Waals surface area contributed by atoms with Gasteiger partial charge in [-0.05, 0) is 49.1 Å². The highest BCUT2D eigenvalue weighted by atomic mass is 35.5. The number of rotatable bonds is 5. The maximum atomic E-state index is 5.85. The number of hydrogen-bond donors (Lipinski definition) is 1. The van der Waals surface area contributed by atoms with E-state index >= 15 is 0 Å². The van der Waals surface area contributed by atoms with Crippen LogP contribution in [0.3, 0.4) is 0 Å². The van der Waals surface area contributed by atoms with Crippen LogP contribution in [-0.2, 0) is 6.42 Å². The molecule has 1 aliphatic carbocycles. The Morgan fingerprint density at radius 1 is 1.56 bits per heavy atom. The summed E-state index contributed by atoms with van der Waals surface area (Å²) in [5, 5.41) is 3.52. The predicted octanol–water partition coefficient (Wildman–Crippen LogP) is 3.80. The molecule has 2 nitrogen and oxygen atoms in total. The summed E-state index contributed by atoms with van der Waals surface area (Å²) in [6.07, 6.45) is 2.25. The highest BCUT2D eigenvalue weighted by molar-refractivity contribution is 6.25. The van der Waals surface area contributed by atoms with Crippen LogP contribution < -0.4 is 10.1 Å². The third kappa shape index (κ3) is 2.88.